The zero-order valence-electron chi connectivity index (χ0n) is 11.0. The molecule has 0 saturated heterocycles. The third kappa shape index (κ3) is 2.74. The lowest BCUT2D eigenvalue weighted by molar-refractivity contribution is 0.102. The number of hydrogen-bond donors (Lipinski definition) is 2. The number of para-hydroxylation sites is 1. The number of carbonyl (C=O) groups excluding carboxylic acids is 1. The molecule has 0 aliphatic heterocycles. The highest BCUT2D eigenvalue weighted by Gasteiger charge is 2.12. The molecule has 21 heavy (non-hydrogen) atoms. The highest BCUT2D eigenvalue weighted by atomic mass is 16.3. The second-order valence-corrected chi connectivity index (χ2v) is 4.33. The van der Waals surface area contributed by atoms with Crippen LogP contribution in [0.3, 0.4) is 0 Å². The highest BCUT2D eigenvalue weighted by molar-refractivity contribution is 6.04. The molecular weight excluding hydrogens is 268 g/mol. The van der Waals surface area contributed by atoms with Crippen LogP contribution < -0.4 is 5.32 Å². The largest absolute Gasteiger partial charge is 0.504 e. The van der Waals surface area contributed by atoms with E-state index in [1.807, 2.05) is 30.3 Å². The summed E-state index contributed by atoms with van der Waals surface area (Å²) in [6.45, 7) is 0. The van der Waals surface area contributed by atoms with Crippen molar-refractivity contribution in [2.75, 3.05) is 5.32 Å². The van der Waals surface area contributed by atoms with Crippen LogP contribution in [0.15, 0.2) is 61.1 Å². The first-order valence-electron chi connectivity index (χ1n) is 6.29. The Bertz CT molecular complexity index is 768. The van der Waals surface area contributed by atoms with E-state index in [4.69, 9.17) is 0 Å². The van der Waals surface area contributed by atoms with E-state index < -0.39 is 0 Å². The first-order chi connectivity index (χ1) is 10.2. The van der Waals surface area contributed by atoms with Gasteiger partial charge >= 0.3 is 0 Å². The van der Waals surface area contributed by atoms with Crippen LogP contribution in [-0.4, -0.2) is 25.8 Å². The Hall–Kier alpha value is -3.15. The maximum Gasteiger partial charge on any atom is 0.260 e. The van der Waals surface area contributed by atoms with Gasteiger partial charge in [0.05, 0.1) is 17.4 Å². The van der Waals surface area contributed by atoms with Crippen molar-refractivity contribution in [3.05, 3.63) is 66.6 Å². The van der Waals surface area contributed by atoms with Crippen LogP contribution in [0.1, 0.15) is 10.4 Å². The van der Waals surface area contributed by atoms with E-state index in [1.165, 1.54) is 18.5 Å². The standard InChI is InChI=1S/C15H12N4O2/c20-13-7-4-8-16-14(13)18-15(21)11-9-17-19(10-11)12-5-2-1-3-6-12/h1-10,20H,(H,16,18,21). The Balaban J connectivity index is 1.80. The van der Waals surface area contributed by atoms with Crippen LogP contribution in [0.4, 0.5) is 5.82 Å². The number of aromatic nitrogens is 3. The number of benzene rings is 1. The molecule has 104 valence electrons. The van der Waals surface area contributed by atoms with Crippen LogP contribution in [0.25, 0.3) is 5.69 Å². The zero-order valence-corrected chi connectivity index (χ0v) is 11.0. The van der Waals surface area contributed by atoms with E-state index in [0.717, 1.165) is 5.69 Å². The normalized spacial score (nSPS) is 10.3. The van der Waals surface area contributed by atoms with Crippen LogP contribution in [-0.2, 0) is 0 Å². The van der Waals surface area contributed by atoms with Gasteiger partial charge in [-0.25, -0.2) is 9.67 Å². The van der Waals surface area contributed by atoms with E-state index in [1.54, 1.807) is 16.9 Å². The molecule has 0 bridgehead atoms. The van der Waals surface area contributed by atoms with Crippen LogP contribution in [0.5, 0.6) is 5.75 Å². The van der Waals surface area contributed by atoms with Crippen molar-refractivity contribution in [2.24, 2.45) is 0 Å². The molecule has 2 aromatic heterocycles. The minimum Gasteiger partial charge on any atom is -0.504 e. The first kappa shape index (κ1) is 12.9. The number of anilines is 1. The summed E-state index contributed by atoms with van der Waals surface area (Å²) in [4.78, 5) is 16.0. The number of carbonyl (C=O) groups is 1. The van der Waals surface area contributed by atoms with Gasteiger partial charge in [-0.2, -0.15) is 5.10 Å². The molecule has 0 fully saturated rings. The predicted octanol–water partition coefficient (Wildman–Crippen LogP) is 2.23. The van der Waals surface area contributed by atoms with Gasteiger partial charge in [-0.05, 0) is 24.3 Å². The molecule has 0 saturated carbocycles. The minimum absolute atomic E-state index is 0.0821. The molecule has 0 atom stereocenters. The lowest BCUT2D eigenvalue weighted by atomic mass is 10.3. The Morgan fingerprint density at radius 1 is 1.14 bits per heavy atom. The minimum atomic E-state index is -0.383. The third-order valence-corrected chi connectivity index (χ3v) is 2.88. The molecule has 0 aliphatic carbocycles. The molecule has 2 heterocycles. The van der Waals surface area contributed by atoms with Gasteiger partial charge in [-0.3, -0.25) is 4.79 Å². The molecule has 3 aromatic rings. The number of rotatable bonds is 3. The number of nitrogens with one attached hydrogen (secondary N) is 1. The Labute approximate surface area is 120 Å². The van der Waals surface area contributed by atoms with Gasteiger partial charge in [0.1, 0.15) is 0 Å². The summed E-state index contributed by atoms with van der Waals surface area (Å²) in [6, 6.07) is 12.5. The van der Waals surface area contributed by atoms with Gasteiger partial charge in [0.15, 0.2) is 11.6 Å². The quantitative estimate of drug-likeness (QED) is 0.771. The summed E-state index contributed by atoms with van der Waals surface area (Å²) in [5.41, 5.74) is 1.24. The molecule has 3 rings (SSSR count). The van der Waals surface area contributed by atoms with Crippen LogP contribution >= 0.6 is 0 Å². The van der Waals surface area contributed by atoms with Gasteiger partial charge in [0.2, 0.25) is 0 Å². The molecule has 0 spiro atoms. The zero-order chi connectivity index (χ0) is 14.7. The van der Waals surface area contributed by atoms with E-state index >= 15 is 0 Å². The third-order valence-electron chi connectivity index (χ3n) is 2.88. The van der Waals surface area contributed by atoms with Gasteiger partial charge in [0.25, 0.3) is 5.91 Å². The number of nitrogens with zero attached hydrogens (tertiary/aromatic N) is 3. The molecule has 0 unspecified atom stereocenters. The fourth-order valence-corrected chi connectivity index (χ4v) is 1.83. The fourth-order valence-electron chi connectivity index (χ4n) is 1.83. The Kier molecular flexibility index (Phi) is 3.34. The van der Waals surface area contributed by atoms with Gasteiger partial charge in [-0.15, -0.1) is 0 Å². The van der Waals surface area contributed by atoms with Gasteiger partial charge in [-0.1, -0.05) is 18.2 Å². The van der Waals surface area contributed by atoms with Crippen molar-refractivity contribution in [3.63, 3.8) is 0 Å². The second-order valence-electron chi connectivity index (χ2n) is 4.33. The number of amides is 1. The summed E-state index contributed by atoms with van der Waals surface area (Å²) >= 11 is 0. The highest BCUT2D eigenvalue weighted by Crippen LogP contribution is 2.19. The summed E-state index contributed by atoms with van der Waals surface area (Å²) < 4.78 is 1.60. The number of pyridine rings is 1. The van der Waals surface area contributed by atoms with Crippen molar-refractivity contribution in [1.82, 2.24) is 14.8 Å². The Morgan fingerprint density at radius 3 is 2.71 bits per heavy atom. The van der Waals surface area contributed by atoms with E-state index in [9.17, 15) is 9.90 Å². The summed E-state index contributed by atoms with van der Waals surface area (Å²) in [7, 11) is 0. The van der Waals surface area contributed by atoms with Crippen LogP contribution in [0, 0.1) is 0 Å². The second kappa shape index (κ2) is 5.46. The molecule has 0 aliphatic rings. The van der Waals surface area contributed by atoms with Crippen molar-refractivity contribution >= 4 is 11.7 Å². The summed E-state index contributed by atoms with van der Waals surface area (Å²) in [5.74, 6) is -0.345. The van der Waals surface area contributed by atoms with Gasteiger partial charge < -0.3 is 10.4 Å². The average Bonchev–Trinajstić information content (AvgIpc) is 3.00. The maximum absolute atomic E-state index is 12.1. The first-order valence-corrected chi connectivity index (χ1v) is 6.29. The average molecular weight is 280 g/mol. The van der Waals surface area contributed by atoms with Crippen molar-refractivity contribution in [3.8, 4) is 11.4 Å². The molecule has 6 nitrogen and oxygen atoms in total. The SMILES string of the molecule is O=C(Nc1ncccc1O)c1cnn(-c2ccccc2)c1. The van der Waals surface area contributed by atoms with E-state index in [2.05, 4.69) is 15.4 Å². The molecule has 0 radical (unpaired) electrons. The van der Waals surface area contributed by atoms with E-state index in [0.29, 0.717) is 5.56 Å². The van der Waals surface area contributed by atoms with Crippen LogP contribution in [0.2, 0.25) is 0 Å². The molecule has 1 amide bonds. The number of aromatic hydroxyl groups is 1. The van der Waals surface area contributed by atoms with Crippen molar-refractivity contribution < 1.29 is 9.90 Å². The Morgan fingerprint density at radius 2 is 1.95 bits per heavy atom. The molecular formula is C15H12N4O2. The lowest BCUT2D eigenvalue weighted by Gasteiger charge is -2.04. The fraction of sp³-hybridized carbons (Fsp3) is 0. The summed E-state index contributed by atoms with van der Waals surface area (Å²) in [6.07, 6.45) is 4.57. The van der Waals surface area contributed by atoms with Gasteiger partial charge in [0, 0.05) is 12.4 Å². The maximum atomic E-state index is 12.1. The summed E-state index contributed by atoms with van der Waals surface area (Å²) in [5, 5.41) is 16.3. The number of hydrogen-bond acceptors (Lipinski definition) is 4. The predicted molar refractivity (Wildman–Crippen MR) is 77.4 cm³/mol. The monoisotopic (exact) mass is 280 g/mol. The molecule has 1 aromatic carbocycles. The topological polar surface area (TPSA) is 80.0 Å². The lowest BCUT2D eigenvalue weighted by Crippen LogP contribution is -2.12. The van der Waals surface area contributed by atoms with E-state index in [-0.39, 0.29) is 17.5 Å². The smallest absolute Gasteiger partial charge is 0.260 e. The molecule has 6 heteroatoms. The molecule has 2 N–H and O–H groups in total. The van der Waals surface area contributed by atoms with Crippen molar-refractivity contribution in [2.45, 2.75) is 0 Å². The van der Waals surface area contributed by atoms with Crippen molar-refractivity contribution in [1.29, 1.82) is 0 Å².